The van der Waals surface area contributed by atoms with Crippen molar-refractivity contribution < 1.29 is 0 Å². The van der Waals surface area contributed by atoms with Gasteiger partial charge in [-0.05, 0) is 30.3 Å². The van der Waals surface area contributed by atoms with E-state index in [-0.39, 0.29) is 0 Å². The maximum Gasteiger partial charge on any atom is 0.115 e. The molecule has 0 aliphatic carbocycles. The Bertz CT molecular complexity index is 1430. The van der Waals surface area contributed by atoms with Gasteiger partial charge in [0.1, 0.15) is 6.33 Å². The van der Waals surface area contributed by atoms with Gasteiger partial charge >= 0.3 is 0 Å². The zero-order chi connectivity index (χ0) is 17.1. The second-order valence-electron chi connectivity index (χ2n) is 6.24. The summed E-state index contributed by atoms with van der Waals surface area (Å²) in [5.74, 6) is 0. The maximum atomic E-state index is 4.67. The Kier molecular flexibility index (Phi) is 2.73. The molecule has 26 heavy (non-hydrogen) atoms. The van der Waals surface area contributed by atoms with Gasteiger partial charge in [0, 0.05) is 31.8 Å². The molecule has 4 aromatic heterocycles. The predicted molar refractivity (Wildman–Crippen MR) is 107 cm³/mol. The van der Waals surface area contributed by atoms with Gasteiger partial charge in [0.15, 0.2) is 0 Å². The van der Waals surface area contributed by atoms with E-state index in [9.17, 15) is 0 Å². The average Bonchev–Trinajstić information content (AvgIpc) is 3.24. The van der Waals surface area contributed by atoms with E-state index in [0.717, 1.165) is 22.1 Å². The third-order valence-electron chi connectivity index (χ3n) is 4.83. The topological polar surface area (TPSA) is 43.6 Å². The van der Waals surface area contributed by atoms with Crippen LogP contribution in [0.25, 0.3) is 47.8 Å². The fourth-order valence-corrected chi connectivity index (χ4v) is 4.91. The summed E-state index contributed by atoms with van der Waals surface area (Å²) in [6.07, 6.45) is 7.12. The molecule has 0 aliphatic rings. The molecule has 6 aromatic rings. The Morgan fingerprint density at radius 2 is 1.69 bits per heavy atom. The Balaban J connectivity index is 1.96. The quantitative estimate of drug-likeness (QED) is 0.401. The molecule has 0 fully saturated rings. The molecule has 0 saturated heterocycles. The molecule has 0 unspecified atom stereocenters. The van der Waals surface area contributed by atoms with Crippen LogP contribution >= 0.6 is 11.3 Å². The van der Waals surface area contributed by atoms with E-state index in [2.05, 4.69) is 62.0 Å². The number of fused-ring (bicyclic) bond motifs is 7. The average molecular weight is 352 g/mol. The van der Waals surface area contributed by atoms with Crippen molar-refractivity contribution in [2.24, 2.45) is 0 Å². The molecule has 2 aromatic carbocycles. The molecule has 0 saturated carbocycles. The van der Waals surface area contributed by atoms with Gasteiger partial charge in [-0.1, -0.05) is 18.2 Å². The standard InChI is InChI=1S/C21H12N4S/c1-2-6-17-14(4-1)19-18(26-17)8-7-15-20-16(5-3-9-24-20)25(21(15)19)13-10-22-12-23-11-13/h1-12H. The van der Waals surface area contributed by atoms with Gasteiger partial charge in [0.05, 0.1) is 34.6 Å². The Morgan fingerprint density at radius 1 is 0.808 bits per heavy atom. The van der Waals surface area contributed by atoms with E-state index in [4.69, 9.17) is 0 Å². The SMILES string of the molecule is c1ccc2c(c1)sc1ccc3c4ncccc4n(-c4cncnc4)c3c12. The molecule has 0 radical (unpaired) electrons. The van der Waals surface area contributed by atoms with Crippen LogP contribution in [0.1, 0.15) is 0 Å². The van der Waals surface area contributed by atoms with Crippen molar-refractivity contribution >= 4 is 53.4 Å². The van der Waals surface area contributed by atoms with Gasteiger partial charge in [-0.25, -0.2) is 9.97 Å². The van der Waals surface area contributed by atoms with Crippen LogP contribution in [-0.2, 0) is 0 Å². The second-order valence-corrected chi connectivity index (χ2v) is 7.32. The van der Waals surface area contributed by atoms with Gasteiger partial charge in [-0.15, -0.1) is 11.3 Å². The first-order chi connectivity index (χ1) is 12.9. The van der Waals surface area contributed by atoms with E-state index < -0.39 is 0 Å². The first-order valence-electron chi connectivity index (χ1n) is 8.36. The number of hydrogen-bond acceptors (Lipinski definition) is 4. The van der Waals surface area contributed by atoms with Crippen LogP contribution in [0.4, 0.5) is 0 Å². The summed E-state index contributed by atoms with van der Waals surface area (Å²) >= 11 is 1.83. The molecule has 0 N–H and O–H groups in total. The molecule has 122 valence electrons. The highest BCUT2D eigenvalue weighted by Gasteiger charge is 2.18. The highest BCUT2D eigenvalue weighted by molar-refractivity contribution is 7.26. The van der Waals surface area contributed by atoms with Crippen molar-refractivity contribution in [3.63, 3.8) is 0 Å². The summed E-state index contributed by atoms with van der Waals surface area (Å²) in [7, 11) is 0. The van der Waals surface area contributed by atoms with Gasteiger partial charge < -0.3 is 4.57 Å². The lowest BCUT2D eigenvalue weighted by Gasteiger charge is -2.07. The van der Waals surface area contributed by atoms with Crippen molar-refractivity contribution in [3.05, 3.63) is 73.4 Å². The van der Waals surface area contributed by atoms with Crippen LogP contribution in [0.15, 0.2) is 73.4 Å². The summed E-state index contributed by atoms with van der Waals surface area (Å²) in [5, 5.41) is 3.70. The lowest BCUT2D eigenvalue weighted by Crippen LogP contribution is -1.95. The Morgan fingerprint density at radius 3 is 2.62 bits per heavy atom. The normalized spacial score (nSPS) is 11.8. The van der Waals surface area contributed by atoms with Gasteiger partial charge in [-0.2, -0.15) is 0 Å². The molecule has 0 aliphatic heterocycles. The van der Waals surface area contributed by atoms with Gasteiger partial charge in [-0.3, -0.25) is 4.98 Å². The highest BCUT2D eigenvalue weighted by atomic mass is 32.1. The minimum Gasteiger partial charge on any atom is -0.304 e. The lowest BCUT2D eigenvalue weighted by molar-refractivity contribution is 1.08. The lowest BCUT2D eigenvalue weighted by atomic mass is 10.1. The minimum atomic E-state index is 0.947. The molecule has 0 bridgehead atoms. The molecular weight excluding hydrogens is 340 g/mol. The molecule has 0 atom stereocenters. The molecule has 0 amide bonds. The van der Waals surface area contributed by atoms with E-state index in [0.29, 0.717) is 0 Å². The first-order valence-corrected chi connectivity index (χ1v) is 9.18. The van der Waals surface area contributed by atoms with Crippen molar-refractivity contribution in [1.29, 1.82) is 0 Å². The highest BCUT2D eigenvalue weighted by Crippen LogP contribution is 2.42. The van der Waals surface area contributed by atoms with Crippen LogP contribution in [0, 0.1) is 0 Å². The smallest absolute Gasteiger partial charge is 0.115 e. The Hall–Kier alpha value is -3.31. The number of benzene rings is 2. The minimum absolute atomic E-state index is 0.947. The van der Waals surface area contributed by atoms with Crippen LogP contribution in [0.5, 0.6) is 0 Å². The second kappa shape index (κ2) is 5.09. The number of pyridine rings is 1. The largest absolute Gasteiger partial charge is 0.304 e. The van der Waals surface area contributed by atoms with Crippen molar-refractivity contribution in [1.82, 2.24) is 19.5 Å². The van der Waals surface area contributed by atoms with Crippen LogP contribution in [-0.4, -0.2) is 19.5 Å². The van der Waals surface area contributed by atoms with Crippen molar-refractivity contribution in [2.75, 3.05) is 0 Å². The van der Waals surface area contributed by atoms with E-state index in [1.165, 1.54) is 25.7 Å². The Labute approximate surface area is 152 Å². The first kappa shape index (κ1) is 13.9. The van der Waals surface area contributed by atoms with Crippen LogP contribution < -0.4 is 0 Å². The number of aromatic nitrogens is 4. The summed E-state index contributed by atoms with van der Waals surface area (Å²) in [6.45, 7) is 0. The van der Waals surface area contributed by atoms with Crippen molar-refractivity contribution in [2.45, 2.75) is 0 Å². The number of thiophene rings is 1. The fourth-order valence-electron chi connectivity index (χ4n) is 3.80. The summed E-state index contributed by atoms with van der Waals surface area (Å²) in [6, 6.07) is 17.1. The van der Waals surface area contributed by atoms with E-state index in [1.54, 1.807) is 6.33 Å². The molecule has 4 heterocycles. The molecule has 6 rings (SSSR count). The predicted octanol–water partition coefficient (Wildman–Crippen LogP) is 5.34. The van der Waals surface area contributed by atoms with Gasteiger partial charge in [0.2, 0.25) is 0 Å². The summed E-state index contributed by atoms with van der Waals surface area (Å²) in [5.41, 5.74) is 4.19. The number of hydrogen-bond donors (Lipinski definition) is 0. The molecule has 0 spiro atoms. The van der Waals surface area contributed by atoms with E-state index >= 15 is 0 Å². The van der Waals surface area contributed by atoms with Gasteiger partial charge in [0.25, 0.3) is 0 Å². The van der Waals surface area contributed by atoms with Crippen molar-refractivity contribution in [3.8, 4) is 5.69 Å². The summed E-state index contributed by atoms with van der Waals surface area (Å²) in [4.78, 5) is 13.1. The molecule has 4 nitrogen and oxygen atoms in total. The zero-order valence-electron chi connectivity index (χ0n) is 13.6. The fraction of sp³-hybridized carbons (Fsp3) is 0. The van der Waals surface area contributed by atoms with Crippen LogP contribution in [0.2, 0.25) is 0 Å². The maximum absolute atomic E-state index is 4.67. The molecular formula is C21H12N4S. The third kappa shape index (κ3) is 1.75. The number of nitrogens with zero attached hydrogens (tertiary/aromatic N) is 4. The number of rotatable bonds is 1. The zero-order valence-corrected chi connectivity index (χ0v) is 14.4. The molecule has 5 heteroatoms. The monoisotopic (exact) mass is 352 g/mol. The third-order valence-corrected chi connectivity index (χ3v) is 5.96. The van der Waals surface area contributed by atoms with Crippen LogP contribution in [0.3, 0.4) is 0 Å². The summed E-state index contributed by atoms with van der Waals surface area (Å²) < 4.78 is 4.81. The van der Waals surface area contributed by atoms with E-state index in [1.807, 2.05) is 36.0 Å².